The Morgan fingerprint density at radius 2 is 1.93 bits per heavy atom. The summed E-state index contributed by atoms with van der Waals surface area (Å²) in [7, 11) is 0. The molecule has 0 N–H and O–H groups in total. The van der Waals surface area contributed by atoms with Crippen LogP contribution in [-0.4, -0.2) is 67.6 Å². The molecule has 1 aromatic carbocycles. The first-order chi connectivity index (χ1) is 21.1. The van der Waals surface area contributed by atoms with Crippen molar-refractivity contribution in [1.82, 2.24) is 24.3 Å². The molecule has 2 fully saturated rings. The Labute approximate surface area is 273 Å². The van der Waals surface area contributed by atoms with Gasteiger partial charge in [-0.05, 0) is 122 Å². The lowest BCUT2D eigenvalue weighted by molar-refractivity contribution is -0.141. The maximum atomic E-state index is 14.5. The lowest BCUT2D eigenvalue weighted by atomic mass is 9.74. The molecule has 10 heteroatoms. The van der Waals surface area contributed by atoms with Crippen LogP contribution in [0.3, 0.4) is 0 Å². The molecule has 6 rings (SSSR count). The van der Waals surface area contributed by atoms with Gasteiger partial charge in [0.25, 0.3) is 0 Å². The summed E-state index contributed by atoms with van der Waals surface area (Å²) in [5, 5.41) is 0.728. The molecule has 4 atom stereocenters. The summed E-state index contributed by atoms with van der Waals surface area (Å²) in [6, 6.07) is 7.76. The van der Waals surface area contributed by atoms with Gasteiger partial charge in [0.15, 0.2) is 0 Å². The summed E-state index contributed by atoms with van der Waals surface area (Å²) in [4.78, 5) is 40.9. The average molecular weight is 683 g/mol. The zero-order chi connectivity index (χ0) is 31.0. The van der Waals surface area contributed by atoms with E-state index in [1.165, 1.54) is 16.7 Å². The smallest absolute Gasteiger partial charge is 0.410 e. The highest BCUT2D eigenvalue weighted by Crippen LogP contribution is 2.45. The highest BCUT2D eigenvalue weighted by atomic mass is 79.9. The van der Waals surface area contributed by atoms with Gasteiger partial charge in [-0.3, -0.25) is 14.7 Å². The topological polar surface area (TPSA) is 80.6 Å². The standard InChI is InChI=1S/C34H41BrClN5O3/c1-34(2,3)44-33(43)41-13-10-24(17-29(41)32(42)40-12-4-5-22(20-40)19-39-14-11-37-21-39)30-28-9-8-27(36)16-23(28)6-7-25-15-26(35)18-38-31(25)30/h8-9,11,14-16,18,21-22,24,29-30H,4-7,10,12-13,17,19-20H2,1-3H3/t22-,24?,29?,30+/m1/s1. The largest absolute Gasteiger partial charge is 0.444 e. The highest BCUT2D eigenvalue weighted by molar-refractivity contribution is 9.10. The van der Waals surface area contributed by atoms with E-state index in [9.17, 15) is 9.59 Å². The van der Waals surface area contributed by atoms with Gasteiger partial charge in [0.2, 0.25) is 5.91 Å². The van der Waals surface area contributed by atoms with Gasteiger partial charge in [-0.15, -0.1) is 0 Å². The van der Waals surface area contributed by atoms with Crippen molar-refractivity contribution in [2.24, 2.45) is 11.8 Å². The molecule has 0 saturated carbocycles. The van der Waals surface area contributed by atoms with Gasteiger partial charge in [0, 0.05) is 60.2 Å². The van der Waals surface area contributed by atoms with E-state index in [0.717, 1.165) is 53.8 Å². The van der Waals surface area contributed by atoms with E-state index in [-0.39, 0.29) is 17.7 Å². The summed E-state index contributed by atoms with van der Waals surface area (Å²) in [6.45, 7) is 8.26. The molecule has 2 unspecified atom stereocenters. The number of nitrogens with zero attached hydrogens (tertiary/aromatic N) is 5. The van der Waals surface area contributed by atoms with Crippen LogP contribution in [-0.2, 0) is 28.9 Å². The van der Waals surface area contributed by atoms with E-state index >= 15 is 0 Å². The molecule has 0 bridgehead atoms. The number of amides is 2. The molecule has 2 amide bonds. The molecule has 44 heavy (non-hydrogen) atoms. The number of aryl methyl sites for hydroxylation is 2. The molecule has 3 aromatic rings. The van der Waals surface area contributed by atoms with Gasteiger partial charge >= 0.3 is 6.09 Å². The minimum atomic E-state index is -0.654. The maximum absolute atomic E-state index is 14.5. The number of benzene rings is 1. The SMILES string of the molecule is CC(C)(C)OC(=O)N1CCC([C@H]2c3ccc(Cl)cc3CCc3cc(Br)cnc32)CC1C(=O)N1CCC[C@H](Cn2ccnc2)C1. The number of likely N-dealkylation sites (tertiary alicyclic amines) is 2. The molecule has 1 aliphatic carbocycles. The van der Waals surface area contributed by atoms with Crippen molar-refractivity contribution in [2.45, 2.75) is 83.4 Å². The second-order valence-electron chi connectivity index (χ2n) is 13.5. The van der Waals surface area contributed by atoms with E-state index in [0.29, 0.717) is 32.0 Å². The van der Waals surface area contributed by atoms with Crippen LogP contribution in [0.25, 0.3) is 0 Å². The van der Waals surface area contributed by atoms with Crippen LogP contribution in [0.2, 0.25) is 5.02 Å². The van der Waals surface area contributed by atoms with E-state index in [2.05, 4.69) is 43.7 Å². The Kier molecular flexibility index (Phi) is 9.07. The number of pyridine rings is 1. The monoisotopic (exact) mass is 681 g/mol. The number of carbonyl (C=O) groups is 2. The molecule has 2 aromatic heterocycles. The molecule has 0 radical (unpaired) electrons. The maximum Gasteiger partial charge on any atom is 0.410 e. The second-order valence-corrected chi connectivity index (χ2v) is 14.9. The number of ether oxygens (including phenoxy) is 1. The van der Waals surface area contributed by atoms with Gasteiger partial charge in [-0.2, -0.15) is 0 Å². The van der Waals surface area contributed by atoms with Crippen LogP contribution in [0.15, 0.2) is 53.7 Å². The number of piperidine rings is 2. The molecular formula is C34H41BrClN5O3. The number of halogens is 2. The van der Waals surface area contributed by atoms with Gasteiger partial charge < -0.3 is 14.2 Å². The average Bonchev–Trinajstić information content (AvgIpc) is 3.44. The van der Waals surface area contributed by atoms with Crippen molar-refractivity contribution in [1.29, 1.82) is 0 Å². The third-order valence-corrected chi connectivity index (χ3v) is 9.92. The van der Waals surface area contributed by atoms with Gasteiger partial charge in [-0.1, -0.05) is 17.7 Å². The van der Waals surface area contributed by atoms with E-state index in [4.69, 9.17) is 21.3 Å². The molecule has 4 heterocycles. The number of aromatic nitrogens is 3. The fraction of sp³-hybridized carbons (Fsp3) is 0.529. The first-order valence-corrected chi connectivity index (χ1v) is 16.9. The van der Waals surface area contributed by atoms with E-state index in [1.54, 1.807) is 11.1 Å². The van der Waals surface area contributed by atoms with Crippen LogP contribution >= 0.6 is 27.5 Å². The van der Waals surface area contributed by atoms with Crippen molar-refractivity contribution in [3.63, 3.8) is 0 Å². The number of imidazole rings is 1. The third kappa shape index (κ3) is 6.84. The second kappa shape index (κ2) is 12.8. The van der Waals surface area contributed by atoms with E-state index < -0.39 is 17.7 Å². The van der Waals surface area contributed by atoms with Crippen molar-refractivity contribution in [2.75, 3.05) is 19.6 Å². The lowest BCUT2D eigenvalue weighted by Gasteiger charge is -2.44. The predicted molar refractivity (Wildman–Crippen MR) is 174 cm³/mol. The number of hydrogen-bond acceptors (Lipinski definition) is 5. The van der Waals surface area contributed by atoms with Gasteiger partial charge in [0.05, 0.1) is 12.0 Å². The quantitative estimate of drug-likeness (QED) is 0.300. The Bertz CT molecular complexity index is 1450. The lowest BCUT2D eigenvalue weighted by Crippen LogP contribution is -2.57. The molecule has 2 aliphatic heterocycles. The zero-order valence-corrected chi connectivity index (χ0v) is 28.1. The van der Waals surface area contributed by atoms with Crippen molar-refractivity contribution in [3.05, 3.63) is 81.1 Å². The summed E-state index contributed by atoms with van der Waals surface area (Å²) in [5.74, 6) is 0.466. The van der Waals surface area contributed by atoms with Crippen molar-refractivity contribution < 1.29 is 14.3 Å². The minimum Gasteiger partial charge on any atom is -0.444 e. The molecule has 3 aliphatic rings. The zero-order valence-electron chi connectivity index (χ0n) is 25.7. The summed E-state index contributed by atoms with van der Waals surface area (Å²) in [6.07, 6.45) is 12.1. The number of rotatable bonds is 4. The fourth-order valence-electron chi connectivity index (χ4n) is 7.35. The molecule has 234 valence electrons. The highest BCUT2D eigenvalue weighted by Gasteiger charge is 2.44. The molecule has 8 nitrogen and oxygen atoms in total. The third-order valence-electron chi connectivity index (χ3n) is 9.25. The molecule has 2 saturated heterocycles. The Balaban J connectivity index is 1.32. The van der Waals surface area contributed by atoms with E-state index in [1.807, 2.05) is 50.5 Å². The van der Waals surface area contributed by atoms with Crippen molar-refractivity contribution >= 4 is 39.5 Å². The Hall–Kier alpha value is -2.91. The van der Waals surface area contributed by atoms with Gasteiger partial charge in [0.1, 0.15) is 11.6 Å². The first kappa shape index (κ1) is 31.1. The van der Waals surface area contributed by atoms with Crippen molar-refractivity contribution in [3.8, 4) is 0 Å². The van der Waals surface area contributed by atoms with Crippen LogP contribution in [0.5, 0.6) is 0 Å². The summed E-state index contributed by atoms with van der Waals surface area (Å²) >= 11 is 10.1. The van der Waals surface area contributed by atoms with Crippen LogP contribution in [0.4, 0.5) is 4.79 Å². The summed E-state index contributed by atoms with van der Waals surface area (Å²) < 4.78 is 8.89. The normalized spacial score (nSPS) is 23.8. The Morgan fingerprint density at radius 3 is 2.70 bits per heavy atom. The number of carbonyl (C=O) groups excluding carboxylic acids is 2. The fourth-order valence-corrected chi connectivity index (χ4v) is 7.92. The first-order valence-electron chi connectivity index (χ1n) is 15.7. The molecule has 0 spiro atoms. The van der Waals surface area contributed by atoms with Crippen LogP contribution in [0.1, 0.15) is 74.8 Å². The molecular weight excluding hydrogens is 642 g/mol. The number of hydrogen-bond donors (Lipinski definition) is 0. The number of fused-ring (bicyclic) bond motifs is 2. The Morgan fingerprint density at radius 1 is 1.11 bits per heavy atom. The predicted octanol–water partition coefficient (Wildman–Crippen LogP) is 6.88. The van der Waals surface area contributed by atoms with Crippen LogP contribution in [0, 0.1) is 11.8 Å². The summed E-state index contributed by atoms with van der Waals surface area (Å²) in [5.41, 5.74) is 4.08. The van der Waals surface area contributed by atoms with Crippen LogP contribution < -0.4 is 0 Å². The van der Waals surface area contributed by atoms with Gasteiger partial charge in [-0.25, -0.2) is 9.78 Å². The minimum absolute atomic E-state index is 0.000650.